The molecular weight excluding hydrogens is 618 g/mol. The second kappa shape index (κ2) is 15.0. The Bertz CT molecular complexity index is 1760. The molecule has 1 aliphatic carbocycles. The number of rotatable bonds is 12. The van der Waals surface area contributed by atoms with Crippen LogP contribution in [-0.4, -0.2) is 43.8 Å². The predicted molar refractivity (Wildman–Crippen MR) is 183 cm³/mol. The molecule has 7 nitrogen and oxygen atoms in total. The predicted octanol–water partition coefficient (Wildman–Crippen LogP) is 6.85. The van der Waals surface area contributed by atoms with Crippen LogP contribution in [0.5, 0.6) is 0 Å². The zero-order chi connectivity index (χ0) is 32.7. The van der Waals surface area contributed by atoms with Gasteiger partial charge in [-0.3, -0.25) is 13.9 Å². The van der Waals surface area contributed by atoms with Crippen LogP contribution in [0.4, 0.5) is 5.69 Å². The van der Waals surface area contributed by atoms with Gasteiger partial charge in [-0.2, -0.15) is 0 Å². The van der Waals surface area contributed by atoms with Gasteiger partial charge in [-0.25, -0.2) is 8.42 Å². The Morgan fingerprint density at radius 3 is 2.22 bits per heavy atom. The van der Waals surface area contributed by atoms with Crippen molar-refractivity contribution in [1.82, 2.24) is 10.2 Å². The summed E-state index contributed by atoms with van der Waals surface area (Å²) in [5, 5.41) is 3.54. The molecule has 240 valence electrons. The van der Waals surface area contributed by atoms with Crippen LogP contribution in [0.2, 0.25) is 5.02 Å². The lowest BCUT2D eigenvalue weighted by Crippen LogP contribution is -2.54. The largest absolute Gasteiger partial charge is 0.352 e. The Labute approximate surface area is 277 Å². The molecule has 9 heteroatoms. The third kappa shape index (κ3) is 8.17. The average molecular weight is 658 g/mol. The number of hydrogen-bond acceptors (Lipinski definition) is 4. The zero-order valence-corrected chi connectivity index (χ0v) is 27.8. The first-order valence-electron chi connectivity index (χ1n) is 15.6. The van der Waals surface area contributed by atoms with Crippen molar-refractivity contribution in [2.45, 2.75) is 69.5 Å². The van der Waals surface area contributed by atoms with Crippen molar-refractivity contribution in [2.24, 2.45) is 0 Å². The molecule has 1 atom stereocenters. The van der Waals surface area contributed by atoms with E-state index in [0.29, 0.717) is 5.02 Å². The number of carbonyl (C=O) groups excluding carboxylic acids is 2. The maximum Gasteiger partial charge on any atom is 0.264 e. The number of benzene rings is 4. The molecule has 0 radical (unpaired) electrons. The van der Waals surface area contributed by atoms with Gasteiger partial charge in [0.05, 0.1) is 10.6 Å². The van der Waals surface area contributed by atoms with Gasteiger partial charge in [0, 0.05) is 24.0 Å². The molecule has 1 unspecified atom stereocenters. The lowest BCUT2D eigenvalue weighted by Gasteiger charge is -2.34. The van der Waals surface area contributed by atoms with Crippen molar-refractivity contribution in [2.75, 3.05) is 10.8 Å². The smallest absolute Gasteiger partial charge is 0.264 e. The molecule has 46 heavy (non-hydrogen) atoms. The third-order valence-electron chi connectivity index (χ3n) is 8.56. The Balaban J connectivity index is 1.57. The van der Waals surface area contributed by atoms with Gasteiger partial charge in [0.2, 0.25) is 11.8 Å². The van der Waals surface area contributed by atoms with Crippen LogP contribution >= 0.6 is 11.6 Å². The maximum atomic E-state index is 14.6. The van der Waals surface area contributed by atoms with E-state index in [1.54, 1.807) is 35.2 Å². The Morgan fingerprint density at radius 2 is 1.54 bits per heavy atom. The summed E-state index contributed by atoms with van der Waals surface area (Å²) in [6, 6.07) is 29.4. The average Bonchev–Trinajstić information content (AvgIpc) is 3.56. The second-order valence-electron chi connectivity index (χ2n) is 11.9. The molecule has 0 spiro atoms. The Morgan fingerprint density at radius 1 is 0.870 bits per heavy atom. The summed E-state index contributed by atoms with van der Waals surface area (Å²) in [5.74, 6) is -0.741. The molecule has 4 aromatic rings. The lowest BCUT2D eigenvalue weighted by molar-refractivity contribution is -0.140. The van der Waals surface area contributed by atoms with E-state index < -0.39 is 28.5 Å². The summed E-state index contributed by atoms with van der Waals surface area (Å²) in [7, 11) is -4.19. The first kappa shape index (κ1) is 33.2. The number of aryl methyl sites for hydroxylation is 2. The van der Waals surface area contributed by atoms with Crippen LogP contribution in [0, 0.1) is 13.8 Å². The summed E-state index contributed by atoms with van der Waals surface area (Å²) in [6.07, 6.45) is 4.16. The number of carbonyl (C=O) groups is 2. The van der Waals surface area contributed by atoms with Gasteiger partial charge in [0.1, 0.15) is 12.6 Å². The van der Waals surface area contributed by atoms with E-state index in [-0.39, 0.29) is 35.5 Å². The van der Waals surface area contributed by atoms with E-state index in [1.165, 1.54) is 18.2 Å². The standard InChI is InChI=1S/C37H40ClN3O4S/c1-27-19-21-34(22-20-27)46(44,45)41(33-18-10-15-31(38)24-33)26-36(42)40(25-30-14-7-6-11-28(30)2)35(23-29-12-4-3-5-13-29)37(43)39-32-16-8-9-17-32/h3-7,10-15,18-22,24,32,35H,8-9,16-17,23,25-26H2,1-2H3,(H,39,43). The molecule has 0 aromatic heterocycles. The second-order valence-corrected chi connectivity index (χ2v) is 14.2. The minimum atomic E-state index is -4.19. The van der Waals surface area contributed by atoms with Gasteiger partial charge in [-0.15, -0.1) is 0 Å². The van der Waals surface area contributed by atoms with Crippen LogP contribution in [0.3, 0.4) is 0 Å². The Kier molecular flexibility index (Phi) is 10.8. The van der Waals surface area contributed by atoms with Crippen molar-refractivity contribution in [1.29, 1.82) is 0 Å². The number of halogens is 1. The van der Waals surface area contributed by atoms with Gasteiger partial charge in [0.15, 0.2) is 0 Å². The first-order valence-corrected chi connectivity index (χ1v) is 17.5. The fourth-order valence-electron chi connectivity index (χ4n) is 5.89. The maximum absolute atomic E-state index is 14.6. The molecule has 1 saturated carbocycles. The zero-order valence-electron chi connectivity index (χ0n) is 26.2. The first-order chi connectivity index (χ1) is 22.1. The van der Waals surface area contributed by atoms with E-state index in [4.69, 9.17) is 11.6 Å². The number of hydrogen-bond donors (Lipinski definition) is 1. The summed E-state index contributed by atoms with van der Waals surface area (Å²) >= 11 is 6.32. The number of amides is 2. The van der Waals surface area contributed by atoms with E-state index in [1.807, 2.05) is 68.4 Å². The molecule has 5 rings (SSSR count). The topological polar surface area (TPSA) is 86.8 Å². The van der Waals surface area contributed by atoms with Crippen LogP contribution in [0.15, 0.2) is 108 Å². The fraction of sp³-hybridized carbons (Fsp3) is 0.297. The minimum absolute atomic E-state index is 0.0473. The molecule has 0 heterocycles. The normalized spacial score (nSPS) is 14.1. The number of sulfonamides is 1. The van der Waals surface area contributed by atoms with Crippen molar-refractivity contribution in [3.05, 3.63) is 130 Å². The summed E-state index contributed by atoms with van der Waals surface area (Å²) in [5.41, 5.74) is 3.90. The van der Waals surface area contributed by atoms with Crippen LogP contribution in [0.25, 0.3) is 0 Å². The van der Waals surface area contributed by atoms with Crippen LogP contribution in [0.1, 0.15) is 47.9 Å². The lowest BCUT2D eigenvalue weighted by atomic mass is 10.0. The molecule has 4 aromatic carbocycles. The summed E-state index contributed by atoms with van der Waals surface area (Å²) in [4.78, 5) is 30.4. The van der Waals surface area contributed by atoms with Gasteiger partial charge in [0.25, 0.3) is 10.0 Å². The highest BCUT2D eigenvalue weighted by molar-refractivity contribution is 7.92. The highest BCUT2D eigenvalue weighted by Crippen LogP contribution is 2.28. The molecule has 1 aliphatic rings. The van der Waals surface area contributed by atoms with Gasteiger partial charge < -0.3 is 10.2 Å². The van der Waals surface area contributed by atoms with Crippen molar-refractivity contribution in [3.8, 4) is 0 Å². The third-order valence-corrected chi connectivity index (χ3v) is 10.6. The number of nitrogens with one attached hydrogen (secondary N) is 1. The van der Waals surface area contributed by atoms with Gasteiger partial charge >= 0.3 is 0 Å². The molecule has 0 bridgehead atoms. The molecule has 1 N–H and O–H groups in total. The quantitative estimate of drug-likeness (QED) is 0.181. The number of nitrogens with zero attached hydrogens (tertiary/aromatic N) is 2. The minimum Gasteiger partial charge on any atom is -0.352 e. The van der Waals surface area contributed by atoms with Gasteiger partial charge in [-0.1, -0.05) is 103 Å². The SMILES string of the molecule is Cc1ccc(S(=O)(=O)N(CC(=O)N(Cc2ccccc2C)C(Cc2ccccc2)C(=O)NC2CCCC2)c2cccc(Cl)c2)cc1. The Hall–Kier alpha value is -4.14. The molecule has 0 aliphatic heterocycles. The highest BCUT2D eigenvalue weighted by atomic mass is 35.5. The molecular formula is C37H40ClN3O4S. The van der Waals surface area contributed by atoms with E-state index in [2.05, 4.69) is 5.32 Å². The molecule has 2 amide bonds. The molecule has 0 saturated heterocycles. The fourth-order valence-corrected chi connectivity index (χ4v) is 7.48. The monoisotopic (exact) mass is 657 g/mol. The van der Waals surface area contributed by atoms with Crippen molar-refractivity contribution < 1.29 is 18.0 Å². The van der Waals surface area contributed by atoms with Crippen molar-refractivity contribution >= 4 is 39.1 Å². The summed E-state index contributed by atoms with van der Waals surface area (Å²) in [6.45, 7) is 3.45. The highest BCUT2D eigenvalue weighted by Gasteiger charge is 2.35. The summed E-state index contributed by atoms with van der Waals surface area (Å²) < 4.78 is 29.5. The van der Waals surface area contributed by atoms with Crippen LogP contribution in [-0.2, 0) is 32.6 Å². The van der Waals surface area contributed by atoms with Crippen LogP contribution < -0.4 is 9.62 Å². The van der Waals surface area contributed by atoms with E-state index >= 15 is 0 Å². The van der Waals surface area contributed by atoms with Gasteiger partial charge in [-0.05, 0) is 73.7 Å². The van der Waals surface area contributed by atoms with E-state index in [9.17, 15) is 18.0 Å². The van der Waals surface area contributed by atoms with Crippen molar-refractivity contribution in [3.63, 3.8) is 0 Å². The number of anilines is 1. The van der Waals surface area contributed by atoms with E-state index in [0.717, 1.165) is 52.2 Å². The molecule has 1 fully saturated rings.